The summed E-state index contributed by atoms with van der Waals surface area (Å²) < 4.78 is 5.25. The normalized spacial score (nSPS) is 17.6. The molecule has 2 heterocycles. The minimum Gasteiger partial charge on any atom is -0.507 e. The minimum atomic E-state index is -0.708. The number of methoxy groups -OCH3 is 1. The van der Waals surface area contributed by atoms with Crippen molar-refractivity contribution in [3.8, 4) is 5.75 Å². The van der Waals surface area contributed by atoms with Gasteiger partial charge >= 0.3 is 0 Å². The van der Waals surface area contributed by atoms with Gasteiger partial charge in [-0.15, -0.1) is 0 Å². The average Bonchev–Trinajstić information content (AvgIpc) is 3.09. The van der Waals surface area contributed by atoms with Crippen LogP contribution in [0.2, 0.25) is 0 Å². The molecule has 1 aliphatic heterocycles. The molecular formula is C26H24N2O4. The highest BCUT2D eigenvalue weighted by atomic mass is 16.5. The Morgan fingerprint density at radius 3 is 2.41 bits per heavy atom. The molecule has 1 N–H and O–H groups in total. The van der Waals surface area contributed by atoms with Crippen LogP contribution >= 0.6 is 0 Å². The molecule has 6 nitrogen and oxygen atoms in total. The van der Waals surface area contributed by atoms with Crippen LogP contribution in [0.4, 0.5) is 0 Å². The molecule has 6 heteroatoms. The first-order chi connectivity index (χ1) is 15.5. The number of nitrogens with zero attached hydrogens (tertiary/aromatic N) is 2. The van der Waals surface area contributed by atoms with Gasteiger partial charge in [0.15, 0.2) is 0 Å². The van der Waals surface area contributed by atoms with E-state index in [1.54, 1.807) is 48.8 Å². The fourth-order valence-corrected chi connectivity index (χ4v) is 3.94. The Morgan fingerprint density at radius 2 is 1.75 bits per heavy atom. The summed E-state index contributed by atoms with van der Waals surface area (Å²) in [5.74, 6) is -1.02. The van der Waals surface area contributed by atoms with E-state index in [2.05, 4.69) is 11.9 Å². The molecule has 1 aromatic heterocycles. The number of carbonyl (C=O) groups is 2. The maximum absolute atomic E-state index is 13.1. The fraction of sp³-hybridized carbons (Fsp3) is 0.192. The number of aliphatic hydroxyl groups excluding tert-OH is 1. The lowest BCUT2D eigenvalue weighted by Gasteiger charge is -2.25. The van der Waals surface area contributed by atoms with Crippen LogP contribution in [0.1, 0.15) is 35.2 Å². The number of aryl methyl sites for hydroxylation is 1. The lowest BCUT2D eigenvalue weighted by molar-refractivity contribution is -0.140. The van der Waals surface area contributed by atoms with Crippen molar-refractivity contribution in [1.82, 2.24) is 9.88 Å². The van der Waals surface area contributed by atoms with Crippen LogP contribution in [0.5, 0.6) is 5.75 Å². The summed E-state index contributed by atoms with van der Waals surface area (Å²) in [5, 5.41) is 11.2. The van der Waals surface area contributed by atoms with Crippen LogP contribution in [0.25, 0.3) is 5.76 Å². The van der Waals surface area contributed by atoms with Gasteiger partial charge in [0.2, 0.25) is 0 Å². The second kappa shape index (κ2) is 9.06. The first kappa shape index (κ1) is 21.3. The van der Waals surface area contributed by atoms with Gasteiger partial charge in [0.05, 0.1) is 18.7 Å². The molecule has 4 rings (SSSR count). The van der Waals surface area contributed by atoms with Gasteiger partial charge in [-0.1, -0.05) is 43.3 Å². The van der Waals surface area contributed by atoms with E-state index in [0.29, 0.717) is 11.3 Å². The number of pyridine rings is 1. The average molecular weight is 428 g/mol. The van der Waals surface area contributed by atoms with Crippen LogP contribution in [0.15, 0.2) is 78.6 Å². The first-order valence-corrected chi connectivity index (χ1v) is 10.4. The number of Topliss-reactive ketones (excluding diaryl/α,β-unsaturated/α-hetero) is 1. The maximum atomic E-state index is 13.1. The van der Waals surface area contributed by atoms with Gasteiger partial charge in [-0.2, -0.15) is 0 Å². The summed E-state index contributed by atoms with van der Waals surface area (Å²) in [6.07, 6.45) is 4.17. The monoisotopic (exact) mass is 428 g/mol. The molecule has 0 radical (unpaired) electrons. The SMILES string of the molecule is CCc1ccc(C2C(=C(O)c3cccc(OC)c3)C(=O)C(=O)N2Cc2ccncc2)cc1. The fourth-order valence-electron chi connectivity index (χ4n) is 3.94. The standard InChI is InChI=1S/C26H24N2O4/c1-3-17-7-9-19(10-8-17)23-22(24(29)20-5-4-6-21(15-20)32-2)25(30)26(31)28(23)16-18-11-13-27-14-12-18/h4-15,23,29H,3,16H2,1-2H3. The summed E-state index contributed by atoms with van der Waals surface area (Å²) in [6.45, 7) is 2.29. The molecule has 162 valence electrons. The summed E-state index contributed by atoms with van der Waals surface area (Å²) in [4.78, 5) is 31.7. The number of benzene rings is 2. The van der Waals surface area contributed by atoms with Gasteiger partial charge in [-0.05, 0) is 47.4 Å². The van der Waals surface area contributed by atoms with Crippen LogP contribution in [-0.4, -0.2) is 33.8 Å². The number of likely N-dealkylation sites (tertiary alicyclic amines) is 1. The van der Waals surface area contributed by atoms with Crippen molar-refractivity contribution in [3.05, 3.63) is 101 Å². The van der Waals surface area contributed by atoms with E-state index in [0.717, 1.165) is 23.1 Å². The molecule has 0 aliphatic carbocycles. The van der Waals surface area contributed by atoms with E-state index >= 15 is 0 Å². The second-order valence-corrected chi connectivity index (χ2v) is 7.61. The van der Waals surface area contributed by atoms with Crippen molar-refractivity contribution in [2.45, 2.75) is 25.9 Å². The molecule has 1 fully saturated rings. The summed E-state index contributed by atoms with van der Waals surface area (Å²) >= 11 is 0. The molecule has 1 saturated heterocycles. The van der Waals surface area contributed by atoms with E-state index in [-0.39, 0.29) is 17.9 Å². The van der Waals surface area contributed by atoms with Gasteiger partial charge in [0, 0.05) is 24.5 Å². The zero-order valence-corrected chi connectivity index (χ0v) is 18.0. The molecule has 1 atom stereocenters. The molecule has 1 unspecified atom stereocenters. The predicted molar refractivity (Wildman–Crippen MR) is 121 cm³/mol. The van der Waals surface area contributed by atoms with Gasteiger partial charge < -0.3 is 14.7 Å². The zero-order valence-electron chi connectivity index (χ0n) is 18.0. The predicted octanol–water partition coefficient (Wildman–Crippen LogP) is 4.27. The summed E-state index contributed by atoms with van der Waals surface area (Å²) in [5.41, 5.74) is 3.24. The molecule has 1 amide bonds. The van der Waals surface area contributed by atoms with Crippen molar-refractivity contribution in [1.29, 1.82) is 0 Å². The zero-order chi connectivity index (χ0) is 22.7. The second-order valence-electron chi connectivity index (χ2n) is 7.61. The van der Waals surface area contributed by atoms with Crippen LogP contribution in [0, 0.1) is 0 Å². The first-order valence-electron chi connectivity index (χ1n) is 10.4. The van der Waals surface area contributed by atoms with Gasteiger partial charge in [0.25, 0.3) is 11.7 Å². The smallest absolute Gasteiger partial charge is 0.295 e. The maximum Gasteiger partial charge on any atom is 0.295 e. The third kappa shape index (κ3) is 3.99. The Balaban J connectivity index is 1.85. The van der Waals surface area contributed by atoms with E-state index in [4.69, 9.17) is 4.74 Å². The number of ketones is 1. The molecule has 3 aromatic rings. The van der Waals surface area contributed by atoms with Crippen molar-refractivity contribution in [2.75, 3.05) is 7.11 Å². The number of ether oxygens (including phenoxy) is 1. The summed E-state index contributed by atoms with van der Waals surface area (Å²) in [6, 6.07) is 17.5. The van der Waals surface area contributed by atoms with E-state index in [9.17, 15) is 14.7 Å². The van der Waals surface area contributed by atoms with Crippen molar-refractivity contribution in [3.63, 3.8) is 0 Å². The Labute approximate surface area is 186 Å². The third-order valence-corrected chi connectivity index (χ3v) is 5.69. The summed E-state index contributed by atoms with van der Waals surface area (Å²) in [7, 11) is 1.53. The van der Waals surface area contributed by atoms with Crippen molar-refractivity contribution in [2.24, 2.45) is 0 Å². The minimum absolute atomic E-state index is 0.0709. The number of rotatable bonds is 6. The molecule has 1 aliphatic rings. The van der Waals surface area contributed by atoms with Gasteiger partial charge in [-0.25, -0.2) is 0 Å². The Hall–Kier alpha value is -3.93. The van der Waals surface area contributed by atoms with Crippen LogP contribution < -0.4 is 4.74 Å². The number of aromatic nitrogens is 1. The lowest BCUT2D eigenvalue weighted by Crippen LogP contribution is -2.29. The van der Waals surface area contributed by atoms with E-state index in [1.807, 2.05) is 24.3 Å². The van der Waals surface area contributed by atoms with Crippen LogP contribution in [-0.2, 0) is 22.6 Å². The van der Waals surface area contributed by atoms with Crippen LogP contribution in [0.3, 0.4) is 0 Å². The Bertz CT molecular complexity index is 1170. The molecule has 32 heavy (non-hydrogen) atoms. The number of hydrogen-bond acceptors (Lipinski definition) is 5. The quantitative estimate of drug-likeness (QED) is 0.360. The highest BCUT2D eigenvalue weighted by molar-refractivity contribution is 6.46. The Kier molecular flexibility index (Phi) is 6.03. The number of aliphatic hydroxyl groups is 1. The molecular weight excluding hydrogens is 404 g/mol. The lowest BCUT2D eigenvalue weighted by atomic mass is 9.94. The van der Waals surface area contributed by atoms with Gasteiger partial charge in [-0.3, -0.25) is 14.6 Å². The number of amides is 1. The Morgan fingerprint density at radius 1 is 1.03 bits per heavy atom. The number of carbonyl (C=O) groups excluding carboxylic acids is 2. The van der Waals surface area contributed by atoms with Gasteiger partial charge in [0.1, 0.15) is 11.5 Å². The van der Waals surface area contributed by atoms with E-state index < -0.39 is 17.7 Å². The topological polar surface area (TPSA) is 79.7 Å². The number of hydrogen-bond donors (Lipinski definition) is 1. The molecule has 0 saturated carbocycles. The third-order valence-electron chi connectivity index (χ3n) is 5.69. The van der Waals surface area contributed by atoms with Crippen molar-refractivity contribution >= 4 is 17.4 Å². The van der Waals surface area contributed by atoms with Crippen molar-refractivity contribution < 1.29 is 19.4 Å². The van der Waals surface area contributed by atoms with E-state index in [1.165, 1.54) is 12.0 Å². The highest BCUT2D eigenvalue weighted by Crippen LogP contribution is 2.40. The molecule has 2 aromatic carbocycles. The molecule has 0 bridgehead atoms. The highest BCUT2D eigenvalue weighted by Gasteiger charge is 2.46. The molecule has 0 spiro atoms. The largest absolute Gasteiger partial charge is 0.507 e.